The van der Waals surface area contributed by atoms with Crippen molar-refractivity contribution in [1.29, 1.82) is 0 Å². The molecule has 12 heavy (non-hydrogen) atoms. The fourth-order valence-electron chi connectivity index (χ4n) is 0.926. The van der Waals surface area contributed by atoms with Gasteiger partial charge in [0.15, 0.2) is 0 Å². The fraction of sp³-hybridized carbons (Fsp3) is 0.333. The topological polar surface area (TPSA) is 9.23 Å². The molecule has 1 aromatic carbocycles. The summed E-state index contributed by atoms with van der Waals surface area (Å²) in [6.07, 6.45) is -1.57. The van der Waals surface area contributed by atoms with Crippen LogP contribution in [0.25, 0.3) is 0 Å². The predicted octanol–water partition coefficient (Wildman–Crippen LogP) is 3.03. The van der Waals surface area contributed by atoms with E-state index in [0.29, 0.717) is 0 Å². The van der Waals surface area contributed by atoms with Gasteiger partial charge in [-0.15, -0.1) is 0 Å². The van der Waals surface area contributed by atoms with E-state index in [2.05, 4.69) is 0 Å². The lowest BCUT2D eigenvalue weighted by Gasteiger charge is -2.13. The Morgan fingerprint density at radius 3 is 2.50 bits per heavy atom. The summed E-state index contributed by atoms with van der Waals surface area (Å²) in [6.45, 7) is 6.00. The SMILES string of the molecule is Cc1cccc(OP(C)(C)=S)c1. The van der Waals surface area contributed by atoms with Gasteiger partial charge in [-0.25, -0.2) is 0 Å². The average molecular weight is 200 g/mol. The Morgan fingerprint density at radius 2 is 2.00 bits per heavy atom. The van der Waals surface area contributed by atoms with Crippen molar-refractivity contribution in [3.05, 3.63) is 29.8 Å². The molecule has 0 aromatic heterocycles. The second-order valence-electron chi connectivity index (χ2n) is 3.16. The summed E-state index contributed by atoms with van der Waals surface area (Å²) >= 11 is 5.20. The van der Waals surface area contributed by atoms with Gasteiger partial charge in [0, 0.05) is 0 Å². The smallest absolute Gasteiger partial charge is 0.124 e. The standard InChI is InChI=1S/C9H13OPS/c1-8-5-4-6-9(7-8)10-11(2,3)12/h4-7H,1-3H3. The van der Waals surface area contributed by atoms with Gasteiger partial charge in [0.2, 0.25) is 0 Å². The zero-order valence-corrected chi connectivity index (χ0v) is 9.28. The summed E-state index contributed by atoms with van der Waals surface area (Å²) in [5.74, 6) is 0.892. The number of hydrogen-bond donors (Lipinski definition) is 0. The van der Waals surface area contributed by atoms with Crippen molar-refractivity contribution in [3.63, 3.8) is 0 Å². The lowest BCUT2D eigenvalue weighted by atomic mass is 10.2. The van der Waals surface area contributed by atoms with Crippen LogP contribution in [-0.2, 0) is 11.8 Å². The molecule has 0 aliphatic rings. The maximum Gasteiger partial charge on any atom is 0.124 e. The zero-order chi connectivity index (χ0) is 9.19. The third-order valence-corrected chi connectivity index (χ3v) is 2.19. The van der Waals surface area contributed by atoms with Crippen molar-refractivity contribution in [1.82, 2.24) is 0 Å². The van der Waals surface area contributed by atoms with E-state index in [1.54, 1.807) is 0 Å². The molecule has 0 saturated carbocycles. The van der Waals surface area contributed by atoms with E-state index < -0.39 is 6.26 Å². The molecule has 1 nitrogen and oxygen atoms in total. The first-order chi connectivity index (χ1) is 5.47. The summed E-state index contributed by atoms with van der Waals surface area (Å²) in [5, 5.41) is 0. The molecular weight excluding hydrogens is 187 g/mol. The molecule has 66 valence electrons. The van der Waals surface area contributed by atoms with Crippen LogP contribution in [0, 0.1) is 6.92 Å². The Balaban J connectivity index is 2.84. The molecule has 0 unspecified atom stereocenters. The van der Waals surface area contributed by atoms with Crippen LogP contribution in [0.15, 0.2) is 24.3 Å². The van der Waals surface area contributed by atoms with Crippen LogP contribution in [0.5, 0.6) is 5.75 Å². The number of hydrogen-bond acceptors (Lipinski definition) is 2. The molecule has 0 saturated heterocycles. The van der Waals surface area contributed by atoms with Crippen LogP contribution in [0.4, 0.5) is 0 Å². The first-order valence-electron chi connectivity index (χ1n) is 3.79. The normalized spacial score (nSPS) is 11.2. The second-order valence-corrected chi connectivity index (χ2v) is 8.48. The quantitative estimate of drug-likeness (QED) is 0.679. The maximum atomic E-state index is 5.61. The Hall–Kier alpha value is -0.330. The summed E-state index contributed by atoms with van der Waals surface area (Å²) in [5.41, 5.74) is 1.20. The lowest BCUT2D eigenvalue weighted by molar-refractivity contribution is 0.620. The van der Waals surface area contributed by atoms with Gasteiger partial charge in [0.05, 0.1) is 0 Å². The molecule has 1 rings (SSSR count). The minimum absolute atomic E-state index is 0.892. The monoisotopic (exact) mass is 200 g/mol. The predicted molar refractivity (Wildman–Crippen MR) is 57.9 cm³/mol. The van der Waals surface area contributed by atoms with Crippen molar-refractivity contribution in [2.45, 2.75) is 6.92 Å². The highest BCUT2D eigenvalue weighted by Gasteiger charge is 2.03. The van der Waals surface area contributed by atoms with E-state index in [1.807, 2.05) is 44.5 Å². The van der Waals surface area contributed by atoms with Crippen LogP contribution in [0.1, 0.15) is 5.56 Å². The van der Waals surface area contributed by atoms with E-state index in [0.717, 1.165) is 5.75 Å². The maximum absolute atomic E-state index is 5.61. The van der Waals surface area contributed by atoms with E-state index in [9.17, 15) is 0 Å². The molecule has 0 aliphatic carbocycles. The summed E-state index contributed by atoms with van der Waals surface area (Å²) < 4.78 is 5.61. The fourth-order valence-corrected chi connectivity index (χ4v) is 1.81. The minimum atomic E-state index is -1.57. The third-order valence-electron chi connectivity index (χ3n) is 1.31. The highest BCUT2D eigenvalue weighted by molar-refractivity contribution is 8.11. The molecular formula is C9H13OPS. The minimum Gasteiger partial charge on any atom is -0.467 e. The second kappa shape index (κ2) is 3.59. The zero-order valence-electron chi connectivity index (χ0n) is 7.57. The van der Waals surface area contributed by atoms with Gasteiger partial charge in [-0.2, -0.15) is 0 Å². The Morgan fingerprint density at radius 1 is 1.33 bits per heavy atom. The van der Waals surface area contributed by atoms with Crippen molar-refractivity contribution < 1.29 is 4.52 Å². The molecule has 0 heterocycles. The van der Waals surface area contributed by atoms with Gasteiger partial charge >= 0.3 is 0 Å². The molecule has 0 spiro atoms. The van der Waals surface area contributed by atoms with Crippen LogP contribution in [-0.4, -0.2) is 13.3 Å². The molecule has 0 amide bonds. The highest BCUT2D eigenvalue weighted by Crippen LogP contribution is 2.39. The molecule has 0 fully saturated rings. The van der Waals surface area contributed by atoms with Gasteiger partial charge in [0.1, 0.15) is 12.0 Å². The van der Waals surface area contributed by atoms with Gasteiger partial charge in [0.25, 0.3) is 0 Å². The molecule has 0 radical (unpaired) electrons. The Bertz CT molecular complexity index is 316. The molecule has 3 heteroatoms. The van der Waals surface area contributed by atoms with Crippen molar-refractivity contribution in [2.75, 3.05) is 13.3 Å². The van der Waals surface area contributed by atoms with Crippen molar-refractivity contribution >= 4 is 18.1 Å². The van der Waals surface area contributed by atoms with Crippen LogP contribution in [0.2, 0.25) is 0 Å². The van der Waals surface area contributed by atoms with Crippen molar-refractivity contribution in [3.8, 4) is 5.75 Å². The summed E-state index contributed by atoms with van der Waals surface area (Å²) in [7, 11) is 0. The van der Waals surface area contributed by atoms with Crippen LogP contribution in [0.3, 0.4) is 0 Å². The van der Waals surface area contributed by atoms with Crippen LogP contribution < -0.4 is 4.52 Å². The van der Waals surface area contributed by atoms with Crippen LogP contribution >= 0.6 is 6.26 Å². The third kappa shape index (κ3) is 3.38. The van der Waals surface area contributed by atoms with E-state index in [4.69, 9.17) is 16.3 Å². The molecule has 0 atom stereocenters. The Labute approximate surface area is 78.8 Å². The molecule has 0 aliphatic heterocycles. The highest BCUT2D eigenvalue weighted by atomic mass is 32.4. The average Bonchev–Trinajstić information content (AvgIpc) is 1.82. The molecule has 0 bridgehead atoms. The Kier molecular flexibility index (Phi) is 2.92. The number of rotatable bonds is 2. The van der Waals surface area contributed by atoms with Gasteiger partial charge < -0.3 is 4.52 Å². The van der Waals surface area contributed by atoms with Crippen molar-refractivity contribution in [2.24, 2.45) is 0 Å². The van der Waals surface area contributed by atoms with Gasteiger partial charge in [-0.1, -0.05) is 23.9 Å². The first kappa shape index (κ1) is 9.76. The van der Waals surface area contributed by atoms with E-state index >= 15 is 0 Å². The summed E-state index contributed by atoms with van der Waals surface area (Å²) in [4.78, 5) is 0. The number of aryl methyl sites for hydroxylation is 1. The molecule has 1 aromatic rings. The number of benzene rings is 1. The lowest BCUT2D eigenvalue weighted by Crippen LogP contribution is -1.88. The molecule has 0 N–H and O–H groups in total. The summed E-state index contributed by atoms with van der Waals surface area (Å²) in [6, 6.07) is 7.98. The van der Waals surface area contributed by atoms with Gasteiger partial charge in [-0.05, 0) is 37.9 Å². The van der Waals surface area contributed by atoms with E-state index in [-0.39, 0.29) is 0 Å². The first-order valence-corrected chi connectivity index (χ1v) is 7.40. The largest absolute Gasteiger partial charge is 0.467 e. The van der Waals surface area contributed by atoms with Gasteiger partial charge in [-0.3, -0.25) is 0 Å². The van der Waals surface area contributed by atoms with E-state index in [1.165, 1.54) is 5.56 Å².